The molecule has 2 unspecified atom stereocenters. The van der Waals surface area contributed by atoms with E-state index in [0.29, 0.717) is 11.8 Å². The van der Waals surface area contributed by atoms with E-state index in [1.165, 1.54) is 0 Å². The molecule has 2 heterocycles. The molecule has 1 N–H and O–H groups in total. The van der Waals surface area contributed by atoms with Crippen molar-refractivity contribution in [3.05, 3.63) is 35.2 Å². The fraction of sp³-hybridized carbons (Fsp3) is 0.438. The summed E-state index contributed by atoms with van der Waals surface area (Å²) in [6.45, 7) is 6.77. The van der Waals surface area contributed by atoms with Gasteiger partial charge in [-0.3, -0.25) is 0 Å². The van der Waals surface area contributed by atoms with Crippen LogP contribution in [0.4, 0.5) is 5.13 Å². The van der Waals surface area contributed by atoms with Crippen molar-refractivity contribution in [1.82, 2.24) is 4.98 Å². The molecule has 1 aromatic carbocycles. The van der Waals surface area contributed by atoms with Gasteiger partial charge in [-0.05, 0) is 11.8 Å². The van der Waals surface area contributed by atoms with Gasteiger partial charge in [-0.2, -0.15) is 0 Å². The lowest BCUT2D eigenvalue weighted by Gasteiger charge is -2.13. The molecule has 106 valence electrons. The number of anilines is 1. The summed E-state index contributed by atoms with van der Waals surface area (Å²) in [6.07, 6.45) is 0. The number of aliphatic hydroxyl groups excluding tert-OH is 1. The zero-order chi connectivity index (χ0) is 14.1. The highest BCUT2D eigenvalue weighted by Crippen LogP contribution is 2.36. The lowest BCUT2D eigenvalue weighted by molar-refractivity contribution is 0.286. The third-order valence-corrected chi connectivity index (χ3v) is 5.24. The second-order valence-corrected chi connectivity index (χ2v) is 6.71. The van der Waals surface area contributed by atoms with Gasteiger partial charge in [0, 0.05) is 18.7 Å². The molecule has 1 saturated heterocycles. The average molecular weight is 288 g/mol. The highest BCUT2D eigenvalue weighted by atomic mass is 32.1. The van der Waals surface area contributed by atoms with E-state index in [0.717, 1.165) is 34.4 Å². The zero-order valence-electron chi connectivity index (χ0n) is 11.9. The Kier molecular flexibility index (Phi) is 3.76. The first-order chi connectivity index (χ1) is 9.69. The fourth-order valence-corrected chi connectivity index (χ4v) is 3.65. The molecule has 2 aromatic rings. The summed E-state index contributed by atoms with van der Waals surface area (Å²) in [5.41, 5.74) is 2.01. The number of thiazole rings is 1. The summed E-state index contributed by atoms with van der Waals surface area (Å²) in [7, 11) is 0. The molecule has 0 radical (unpaired) electrons. The summed E-state index contributed by atoms with van der Waals surface area (Å²) in [5, 5.41) is 10.6. The van der Waals surface area contributed by atoms with Crippen LogP contribution < -0.4 is 4.90 Å². The molecule has 0 aliphatic carbocycles. The summed E-state index contributed by atoms with van der Waals surface area (Å²) < 4.78 is 0. The van der Waals surface area contributed by atoms with Crippen molar-refractivity contribution < 1.29 is 5.11 Å². The SMILES string of the molecule is CC1CN(c2nc(-c3ccccc3)c(CO)s2)CC1C. The van der Waals surface area contributed by atoms with Crippen LogP contribution in [0, 0.1) is 11.8 Å². The third-order valence-electron chi connectivity index (χ3n) is 4.14. The molecule has 0 amide bonds. The first-order valence-electron chi connectivity index (χ1n) is 7.10. The standard InChI is InChI=1S/C16H20N2OS/c1-11-8-18(9-12(11)2)16-17-15(14(10-19)20-16)13-6-4-3-5-7-13/h3-7,11-12,19H,8-10H2,1-2H3. The van der Waals surface area contributed by atoms with Crippen molar-refractivity contribution in [1.29, 1.82) is 0 Å². The van der Waals surface area contributed by atoms with Crippen LogP contribution in [0.5, 0.6) is 0 Å². The molecule has 4 heteroatoms. The van der Waals surface area contributed by atoms with E-state index in [2.05, 4.69) is 18.7 Å². The van der Waals surface area contributed by atoms with Crippen LogP contribution >= 0.6 is 11.3 Å². The van der Waals surface area contributed by atoms with Crippen LogP contribution in [-0.4, -0.2) is 23.2 Å². The maximum Gasteiger partial charge on any atom is 0.186 e. The number of nitrogens with zero attached hydrogens (tertiary/aromatic N) is 2. The average Bonchev–Trinajstić information content (AvgIpc) is 3.04. The lowest BCUT2D eigenvalue weighted by atomic mass is 10.0. The third kappa shape index (κ3) is 2.45. The summed E-state index contributed by atoms with van der Waals surface area (Å²) in [6, 6.07) is 10.1. The number of aromatic nitrogens is 1. The number of rotatable bonds is 3. The highest BCUT2D eigenvalue weighted by Gasteiger charge is 2.28. The van der Waals surface area contributed by atoms with Gasteiger partial charge < -0.3 is 10.0 Å². The second-order valence-electron chi connectivity index (χ2n) is 5.65. The van der Waals surface area contributed by atoms with E-state index in [4.69, 9.17) is 4.98 Å². The molecule has 1 aliphatic heterocycles. The molecule has 1 aromatic heterocycles. The minimum Gasteiger partial charge on any atom is -0.391 e. The predicted octanol–water partition coefficient (Wildman–Crippen LogP) is 3.39. The fourth-order valence-electron chi connectivity index (χ4n) is 2.69. The molecular weight excluding hydrogens is 268 g/mol. The van der Waals surface area contributed by atoms with Gasteiger partial charge in [0.2, 0.25) is 0 Å². The topological polar surface area (TPSA) is 36.4 Å². The van der Waals surface area contributed by atoms with Crippen LogP contribution in [0.3, 0.4) is 0 Å². The van der Waals surface area contributed by atoms with E-state index >= 15 is 0 Å². The maximum atomic E-state index is 9.59. The Bertz CT molecular complexity index is 571. The Morgan fingerprint density at radius 2 is 1.85 bits per heavy atom. The van der Waals surface area contributed by atoms with Gasteiger partial charge in [0.05, 0.1) is 17.2 Å². The van der Waals surface area contributed by atoms with Crippen LogP contribution in [0.1, 0.15) is 18.7 Å². The normalized spacial score (nSPS) is 22.4. The number of hydrogen-bond acceptors (Lipinski definition) is 4. The van der Waals surface area contributed by atoms with Gasteiger partial charge in [0.25, 0.3) is 0 Å². The van der Waals surface area contributed by atoms with E-state index < -0.39 is 0 Å². The van der Waals surface area contributed by atoms with E-state index in [9.17, 15) is 5.11 Å². The molecule has 20 heavy (non-hydrogen) atoms. The van der Waals surface area contributed by atoms with Gasteiger partial charge in [-0.1, -0.05) is 55.5 Å². The van der Waals surface area contributed by atoms with Crippen LogP contribution in [0.2, 0.25) is 0 Å². The van der Waals surface area contributed by atoms with Crippen molar-refractivity contribution in [2.45, 2.75) is 20.5 Å². The molecule has 0 spiro atoms. The highest BCUT2D eigenvalue weighted by molar-refractivity contribution is 7.16. The molecule has 3 rings (SSSR count). The molecule has 0 bridgehead atoms. The Balaban J connectivity index is 1.93. The monoisotopic (exact) mass is 288 g/mol. The number of aliphatic hydroxyl groups is 1. The lowest BCUT2D eigenvalue weighted by Crippen LogP contribution is -2.19. The van der Waals surface area contributed by atoms with E-state index in [1.54, 1.807) is 11.3 Å². The van der Waals surface area contributed by atoms with Crippen LogP contribution in [0.25, 0.3) is 11.3 Å². The smallest absolute Gasteiger partial charge is 0.186 e. The quantitative estimate of drug-likeness (QED) is 0.940. The Morgan fingerprint density at radius 1 is 1.20 bits per heavy atom. The molecule has 1 fully saturated rings. The van der Waals surface area contributed by atoms with Crippen molar-refractivity contribution in [2.75, 3.05) is 18.0 Å². The first kappa shape index (κ1) is 13.6. The second kappa shape index (κ2) is 5.54. The number of benzene rings is 1. The van der Waals surface area contributed by atoms with Gasteiger partial charge >= 0.3 is 0 Å². The predicted molar refractivity (Wildman–Crippen MR) is 84.0 cm³/mol. The van der Waals surface area contributed by atoms with Crippen molar-refractivity contribution in [3.63, 3.8) is 0 Å². The van der Waals surface area contributed by atoms with Crippen molar-refractivity contribution >= 4 is 16.5 Å². The molecule has 2 atom stereocenters. The molecule has 3 nitrogen and oxygen atoms in total. The largest absolute Gasteiger partial charge is 0.391 e. The van der Waals surface area contributed by atoms with Gasteiger partial charge in [0.15, 0.2) is 5.13 Å². The summed E-state index contributed by atoms with van der Waals surface area (Å²) in [5.74, 6) is 1.41. The van der Waals surface area contributed by atoms with Crippen LogP contribution in [-0.2, 0) is 6.61 Å². The van der Waals surface area contributed by atoms with Crippen molar-refractivity contribution in [2.24, 2.45) is 11.8 Å². The maximum absolute atomic E-state index is 9.59. The number of hydrogen-bond donors (Lipinski definition) is 1. The van der Waals surface area contributed by atoms with Gasteiger partial charge in [0.1, 0.15) is 0 Å². The minimum atomic E-state index is 0.0564. The summed E-state index contributed by atoms with van der Waals surface area (Å²) >= 11 is 1.62. The zero-order valence-corrected chi connectivity index (χ0v) is 12.7. The molecular formula is C16H20N2OS. The molecule has 1 aliphatic rings. The molecule has 0 saturated carbocycles. The van der Waals surface area contributed by atoms with Gasteiger partial charge in [-0.15, -0.1) is 0 Å². The van der Waals surface area contributed by atoms with E-state index in [1.807, 2.05) is 30.3 Å². The van der Waals surface area contributed by atoms with Gasteiger partial charge in [-0.25, -0.2) is 4.98 Å². The minimum absolute atomic E-state index is 0.0564. The Hall–Kier alpha value is -1.39. The Morgan fingerprint density at radius 3 is 2.45 bits per heavy atom. The van der Waals surface area contributed by atoms with Crippen molar-refractivity contribution in [3.8, 4) is 11.3 Å². The summed E-state index contributed by atoms with van der Waals surface area (Å²) in [4.78, 5) is 8.10. The first-order valence-corrected chi connectivity index (χ1v) is 7.91. The van der Waals surface area contributed by atoms with E-state index in [-0.39, 0.29) is 6.61 Å². The Labute approximate surface area is 123 Å². The van der Waals surface area contributed by atoms with Crippen LogP contribution in [0.15, 0.2) is 30.3 Å².